The monoisotopic (exact) mass is 566 g/mol. The van der Waals surface area contributed by atoms with Gasteiger partial charge in [-0.1, -0.05) is 78.7 Å². The minimum atomic E-state index is -1.01. The first-order valence-electron chi connectivity index (χ1n) is 14.3. The quantitative estimate of drug-likeness (QED) is 0.186. The number of carbonyl (C=O) groups excluding carboxylic acids is 2. The summed E-state index contributed by atoms with van der Waals surface area (Å²) in [7, 11) is -1.01. The molecule has 0 radical (unpaired) electrons. The summed E-state index contributed by atoms with van der Waals surface area (Å²) in [4.78, 5) is 27.4. The number of fused-ring (bicyclic) bond motifs is 4. The van der Waals surface area contributed by atoms with Crippen LogP contribution in [0.4, 0.5) is 0 Å². The third-order valence-corrected chi connectivity index (χ3v) is 9.25. The number of benzene rings is 3. The highest BCUT2D eigenvalue weighted by Gasteiger charge is 2.53. The normalized spacial score (nSPS) is 24.2. The molecular weight excluding hydrogens is 535 g/mol. The molecule has 41 heavy (non-hydrogen) atoms. The molecule has 5 nitrogen and oxygen atoms in total. The van der Waals surface area contributed by atoms with Crippen molar-refractivity contribution in [2.45, 2.75) is 45.0 Å². The Hall–Kier alpha value is -3.45. The van der Waals surface area contributed by atoms with Crippen molar-refractivity contribution in [1.29, 1.82) is 0 Å². The molecule has 0 aromatic heterocycles. The molecule has 1 heterocycles. The summed E-state index contributed by atoms with van der Waals surface area (Å²) < 4.78 is 6.19. The fraction of sp³-hybridized carbons (Fsp3) is 0.294. The lowest BCUT2D eigenvalue weighted by Gasteiger charge is -2.47. The van der Waals surface area contributed by atoms with Gasteiger partial charge < -0.3 is 14.8 Å². The number of hydrogen-bond donors (Lipinski definition) is 2. The van der Waals surface area contributed by atoms with Crippen molar-refractivity contribution in [3.63, 3.8) is 0 Å². The summed E-state index contributed by atoms with van der Waals surface area (Å²) in [5.74, 6) is -0.975. The van der Waals surface area contributed by atoms with Crippen molar-refractivity contribution in [2.75, 3.05) is 0 Å². The van der Waals surface area contributed by atoms with Gasteiger partial charge in [0.25, 0.3) is 0 Å². The number of Topliss-reactive ketones (excluding diaryl/α,β-unsaturated/α-hetero) is 2. The van der Waals surface area contributed by atoms with Crippen LogP contribution < -0.4 is 0 Å². The van der Waals surface area contributed by atoms with Crippen molar-refractivity contribution >= 4 is 41.9 Å². The fourth-order valence-electron chi connectivity index (χ4n) is 7.07. The van der Waals surface area contributed by atoms with Crippen LogP contribution in [0.5, 0.6) is 5.75 Å². The molecular formula is C34H32BClO5. The summed E-state index contributed by atoms with van der Waals surface area (Å²) in [6.07, 6.45) is 4.50. The number of rotatable bonds is 6. The van der Waals surface area contributed by atoms with E-state index in [9.17, 15) is 19.7 Å². The predicted octanol–water partition coefficient (Wildman–Crippen LogP) is 7.28. The van der Waals surface area contributed by atoms with Crippen LogP contribution in [0.25, 0.3) is 11.6 Å². The van der Waals surface area contributed by atoms with Gasteiger partial charge in [0.15, 0.2) is 11.6 Å². The number of carbonyl (C=O) groups is 2. The Morgan fingerprint density at radius 1 is 1.00 bits per heavy atom. The Morgan fingerprint density at radius 2 is 1.71 bits per heavy atom. The van der Waals surface area contributed by atoms with Crippen molar-refractivity contribution in [1.82, 2.24) is 0 Å². The zero-order valence-corrected chi connectivity index (χ0v) is 23.7. The van der Waals surface area contributed by atoms with Gasteiger partial charge in [0.1, 0.15) is 5.75 Å². The van der Waals surface area contributed by atoms with Gasteiger partial charge in [0.05, 0.1) is 11.1 Å². The Morgan fingerprint density at radius 3 is 2.41 bits per heavy atom. The molecule has 2 aliphatic carbocycles. The highest BCUT2D eigenvalue weighted by Crippen LogP contribution is 2.51. The van der Waals surface area contributed by atoms with E-state index in [4.69, 9.17) is 16.3 Å². The van der Waals surface area contributed by atoms with Crippen LogP contribution in [0.1, 0.15) is 64.4 Å². The molecule has 1 aliphatic heterocycles. The number of phenolic OH excluding ortho intramolecular Hbond substituents is 1. The molecule has 4 atom stereocenters. The van der Waals surface area contributed by atoms with Gasteiger partial charge in [-0.25, -0.2) is 0 Å². The number of allylic oxidation sites excluding steroid dienone is 2. The van der Waals surface area contributed by atoms with E-state index in [2.05, 4.69) is 6.92 Å². The zero-order chi connectivity index (χ0) is 28.7. The Balaban J connectivity index is 1.35. The largest absolute Gasteiger partial charge is 0.508 e. The predicted molar refractivity (Wildman–Crippen MR) is 162 cm³/mol. The maximum absolute atomic E-state index is 13.8. The maximum atomic E-state index is 13.8. The number of halogens is 1. The first kappa shape index (κ1) is 27.7. The minimum Gasteiger partial charge on any atom is -0.508 e. The minimum absolute atomic E-state index is 0.00236. The molecule has 0 unspecified atom stereocenters. The maximum Gasteiger partial charge on any atom is 0.455 e. The molecule has 1 saturated heterocycles. The van der Waals surface area contributed by atoms with E-state index in [1.165, 1.54) is 11.6 Å². The van der Waals surface area contributed by atoms with E-state index in [-0.39, 0.29) is 29.3 Å². The van der Waals surface area contributed by atoms with Gasteiger partial charge in [-0.05, 0) is 84.5 Å². The first-order valence-corrected chi connectivity index (χ1v) is 14.7. The van der Waals surface area contributed by atoms with Crippen molar-refractivity contribution < 1.29 is 24.4 Å². The summed E-state index contributed by atoms with van der Waals surface area (Å²) in [5.41, 5.74) is 6.16. The molecule has 3 aromatic carbocycles. The Bertz CT molecular complexity index is 1560. The molecule has 3 aromatic rings. The molecule has 0 amide bonds. The average Bonchev–Trinajstić information content (AvgIpc) is 2.98. The van der Waals surface area contributed by atoms with Crippen LogP contribution in [-0.4, -0.2) is 34.9 Å². The van der Waals surface area contributed by atoms with E-state index in [0.717, 1.165) is 28.7 Å². The SMILES string of the molecule is CCC1=C2[C@@H](CC/C(=C/c3ccc(O)cc3Cl)c3ccccc3)OB(O)C[C@@H]2[C@@H]2C(=O)c3ccccc3C(=O)[C@@H]2C1. The fourth-order valence-corrected chi connectivity index (χ4v) is 7.30. The van der Waals surface area contributed by atoms with Crippen LogP contribution in [-0.2, 0) is 4.65 Å². The lowest BCUT2D eigenvalue weighted by Crippen LogP contribution is -2.50. The number of hydrogen-bond acceptors (Lipinski definition) is 5. The summed E-state index contributed by atoms with van der Waals surface area (Å²) in [6, 6.07) is 22.1. The van der Waals surface area contributed by atoms with Crippen molar-refractivity contribution in [2.24, 2.45) is 17.8 Å². The van der Waals surface area contributed by atoms with E-state index in [1.807, 2.05) is 42.5 Å². The lowest BCUT2D eigenvalue weighted by molar-refractivity contribution is 0.0600. The first-order chi connectivity index (χ1) is 19.9. The van der Waals surface area contributed by atoms with Crippen LogP contribution in [0.2, 0.25) is 11.3 Å². The Labute approximate surface area is 245 Å². The number of ketones is 2. The number of aromatic hydroxyl groups is 1. The van der Waals surface area contributed by atoms with Crippen LogP contribution in [0.3, 0.4) is 0 Å². The second kappa shape index (κ2) is 11.4. The Kier molecular flexibility index (Phi) is 7.73. The van der Waals surface area contributed by atoms with Crippen molar-refractivity contribution in [3.8, 4) is 5.75 Å². The summed E-state index contributed by atoms with van der Waals surface area (Å²) in [6.45, 7) is 2.09. The molecule has 208 valence electrons. The third kappa shape index (κ3) is 5.21. The standard InChI is InChI=1S/C34H32BClO5/c1-2-20-17-27-32(34(39)26-11-7-6-10-25(26)33(27)38)28-19-35(40)41-30(31(20)28)15-13-22(21-8-4-3-5-9-21)16-23-12-14-24(37)18-29(23)36/h3-12,14,16,18,27-28,30,32,37,40H,2,13,15,17,19H2,1H3/b22-16-/t27-,28+,30-,32-/m1/s1. The van der Waals surface area contributed by atoms with E-state index < -0.39 is 19.0 Å². The molecule has 7 heteroatoms. The van der Waals surface area contributed by atoms with Gasteiger partial charge in [-0.2, -0.15) is 0 Å². The van der Waals surface area contributed by atoms with Crippen LogP contribution >= 0.6 is 11.6 Å². The van der Waals surface area contributed by atoms with Gasteiger partial charge in [0, 0.05) is 23.0 Å². The van der Waals surface area contributed by atoms with Gasteiger partial charge in [-0.15, -0.1) is 0 Å². The molecule has 3 aliphatic rings. The molecule has 1 fully saturated rings. The van der Waals surface area contributed by atoms with Gasteiger partial charge in [0.2, 0.25) is 0 Å². The second-order valence-corrected chi connectivity index (χ2v) is 11.6. The molecule has 0 bridgehead atoms. The summed E-state index contributed by atoms with van der Waals surface area (Å²) >= 11 is 6.46. The molecule has 6 rings (SSSR count). The lowest BCUT2D eigenvalue weighted by atomic mass is 9.54. The topological polar surface area (TPSA) is 83.8 Å². The smallest absolute Gasteiger partial charge is 0.455 e. The average molecular weight is 567 g/mol. The zero-order valence-electron chi connectivity index (χ0n) is 22.9. The molecule has 0 saturated carbocycles. The third-order valence-electron chi connectivity index (χ3n) is 8.92. The highest BCUT2D eigenvalue weighted by atomic mass is 35.5. The molecule has 2 N–H and O–H groups in total. The van der Waals surface area contributed by atoms with E-state index in [1.54, 1.807) is 30.3 Å². The van der Waals surface area contributed by atoms with Crippen LogP contribution in [0, 0.1) is 17.8 Å². The van der Waals surface area contributed by atoms with E-state index >= 15 is 0 Å². The molecule has 0 spiro atoms. The van der Waals surface area contributed by atoms with E-state index in [0.29, 0.717) is 41.7 Å². The number of phenols is 1. The highest BCUT2D eigenvalue weighted by molar-refractivity contribution is 6.43. The second-order valence-electron chi connectivity index (χ2n) is 11.2. The van der Waals surface area contributed by atoms with Crippen molar-refractivity contribution in [3.05, 3.63) is 111 Å². The van der Waals surface area contributed by atoms with Gasteiger partial charge >= 0.3 is 7.12 Å². The van der Waals surface area contributed by atoms with Crippen LogP contribution in [0.15, 0.2) is 83.9 Å². The summed E-state index contributed by atoms with van der Waals surface area (Å²) in [5, 5.41) is 21.2. The van der Waals surface area contributed by atoms with Gasteiger partial charge in [-0.3, -0.25) is 9.59 Å².